The molecule has 0 aliphatic rings. The van der Waals surface area contributed by atoms with Gasteiger partial charge in [-0.05, 0) is 19.1 Å². The number of nitrogens with zero attached hydrogens (tertiary/aromatic N) is 3. The maximum absolute atomic E-state index is 5.39. The standard InChI is InChI=1S/C13H14N6O/c1-8-6-9(20-19-8)7-15-12-10-4-2-3-5-11(10)16-13(17-12)18-14/h2-6H,7,14H2,1H3,(H2,15,16,17,18). The maximum atomic E-state index is 5.39. The number of hydrogen-bond donors (Lipinski definition) is 3. The Labute approximate surface area is 115 Å². The average molecular weight is 270 g/mol. The number of para-hydroxylation sites is 1. The van der Waals surface area contributed by atoms with E-state index in [1.807, 2.05) is 37.3 Å². The second-order valence-corrected chi connectivity index (χ2v) is 4.35. The molecule has 0 atom stereocenters. The van der Waals surface area contributed by atoms with Crippen LogP contribution in [0.25, 0.3) is 10.9 Å². The Kier molecular flexibility index (Phi) is 3.18. The van der Waals surface area contributed by atoms with Gasteiger partial charge in [0.2, 0.25) is 5.95 Å². The fraction of sp³-hybridized carbons (Fsp3) is 0.154. The van der Waals surface area contributed by atoms with E-state index in [2.05, 4.69) is 25.9 Å². The minimum atomic E-state index is 0.361. The van der Waals surface area contributed by atoms with Crippen LogP contribution >= 0.6 is 0 Å². The molecule has 0 saturated carbocycles. The van der Waals surface area contributed by atoms with Crippen LogP contribution in [0.3, 0.4) is 0 Å². The van der Waals surface area contributed by atoms with Crippen molar-refractivity contribution >= 4 is 22.7 Å². The number of aryl methyl sites for hydroxylation is 1. The molecule has 3 rings (SSSR count). The van der Waals surface area contributed by atoms with E-state index in [9.17, 15) is 0 Å². The van der Waals surface area contributed by atoms with Crippen molar-refractivity contribution in [2.45, 2.75) is 13.5 Å². The topological polar surface area (TPSA) is 102 Å². The van der Waals surface area contributed by atoms with Gasteiger partial charge in [-0.3, -0.25) is 5.43 Å². The zero-order valence-electron chi connectivity index (χ0n) is 10.9. The molecule has 4 N–H and O–H groups in total. The van der Waals surface area contributed by atoms with Gasteiger partial charge in [0.25, 0.3) is 0 Å². The summed E-state index contributed by atoms with van der Waals surface area (Å²) in [6.07, 6.45) is 0. The zero-order chi connectivity index (χ0) is 13.9. The van der Waals surface area contributed by atoms with Crippen molar-refractivity contribution < 1.29 is 4.52 Å². The SMILES string of the molecule is Cc1cc(CNc2nc(NN)nc3ccccc23)on1. The van der Waals surface area contributed by atoms with E-state index in [0.717, 1.165) is 22.4 Å². The molecule has 7 heteroatoms. The summed E-state index contributed by atoms with van der Waals surface area (Å²) in [6, 6.07) is 9.58. The van der Waals surface area contributed by atoms with Crippen LogP contribution in [-0.2, 0) is 6.54 Å². The molecular formula is C13H14N6O. The normalized spacial score (nSPS) is 10.7. The molecule has 0 fully saturated rings. The molecule has 20 heavy (non-hydrogen) atoms. The third-order valence-electron chi connectivity index (χ3n) is 2.84. The van der Waals surface area contributed by atoms with Crippen molar-refractivity contribution in [3.8, 4) is 0 Å². The van der Waals surface area contributed by atoms with E-state index in [-0.39, 0.29) is 0 Å². The largest absolute Gasteiger partial charge is 0.362 e. The molecule has 0 saturated heterocycles. The first-order chi connectivity index (χ1) is 9.76. The highest BCUT2D eigenvalue weighted by atomic mass is 16.5. The zero-order valence-corrected chi connectivity index (χ0v) is 10.9. The van der Waals surface area contributed by atoms with Gasteiger partial charge in [-0.1, -0.05) is 17.3 Å². The predicted octanol–water partition coefficient (Wildman–Crippen LogP) is 1.82. The van der Waals surface area contributed by atoms with Crippen LogP contribution in [-0.4, -0.2) is 15.1 Å². The smallest absolute Gasteiger partial charge is 0.239 e. The van der Waals surface area contributed by atoms with Crippen LogP contribution in [0.4, 0.5) is 11.8 Å². The van der Waals surface area contributed by atoms with Crippen molar-refractivity contribution in [1.29, 1.82) is 0 Å². The minimum Gasteiger partial charge on any atom is -0.362 e. The second-order valence-electron chi connectivity index (χ2n) is 4.35. The summed E-state index contributed by atoms with van der Waals surface area (Å²) < 4.78 is 5.16. The highest BCUT2D eigenvalue weighted by Gasteiger charge is 2.08. The number of rotatable bonds is 4. The number of anilines is 2. The van der Waals surface area contributed by atoms with E-state index in [1.54, 1.807) is 0 Å². The lowest BCUT2D eigenvalue weighted by molar-refractivity contribution is 0.384. The summed E-state index contributed by atoms with van der Waals surface area (Å²) in [5.74, 6) is 7.19. The summed E-state index contributed by atoms with van der Waals surface area (Å²) in [7, 11) is 0. The van der Waals surface area contributed by atoms with Gasteiger partial charge in [0, 0.05) is 11.5 Å². The van der Waals surface area contributed by atoms with E-state index in [0.29, 0.717) is 18.3 Å². The third kappa shape index (κ3) is 2.39. The average Bonchev–Trinajstić information content (AvgIpc) is 2.90. The molecule has 0 unspecified atom stereocenters. The molecule has 0 bridgehead atoms. The van der Waals surface area contributed by atoms with Gasteiger partial charge in [-0.15, -0.1) is 0 Å². The molecular weight excluding hydrogens is 256 g/mol. The van der Waals surface area contributed by atoms with Crippen LogP contribution in [0.15, 0.2) is 34.9 Å². The number of benzene rings is 1. The van der Waals surface area contributed by atoms with Gasteiger partial charge >= 0.3 is 0 Å². The van der Waals surface area contributed by atoms with Gasteiger partial charge in [-0.2, -0.15) is 4.98 Å². The summed E-state index contributed by atoms with van der Waals surface area (Å²) in [5.41, 5.74) is 4.12. The van der Waals surface area contributed by atoms with E-state index < -0.39 is 0 Å². The monoisotopic (exact) mass is 270 g/mol. The van der Waals surface area contributed by atoms with E-state index in [4.69, 9.17) is 10.4 Å². The Balaban J connectivity index is 1.93. The van der Waals surface area contributed by atoms with Crippen molar-refractivity contribution in [2.24, 2.45) is 5.84 Å². The van der Waals surface area contributed by atoms with Crippen LogP contribution in [0.1, 0.15) is 11.5 Å². The van der Waals surface area contributed by atoms with Crippen LogP contribution < -0.4 is 16.6 Å². The lowest BCUT2D eigenvalue weighted by Crippen LogP contribution is -2.12. The van der Waals surface area contributed by atoms with Gasteiger partial charge in [0.05, 0.1) is 17.8 Å². The van der Waals surface area contributed by atoms with Crippen LogP contribution in [0.5, 0.6) is 0 Å². The Morgan fingerprint density at radius 2 is 2.10 bits per heavy atom. The van der Waals surface area contributed by atoms with Crippen LogP contribution in [0.2, 0.25) is 0 Å². The van der Waals surface area contributed by atoms with Gasteiger partial charge < -0.3 is 9.84 Å². The Morgan fingerprint density at radius 3 is 2.85 bits per heavy atom. The predicted molar refractivity (Wildman–Crippen MR) is 75.9 cm³/mol. The number of nitrogens with two attached hydrogens (primary N) is 1. The first-order valence-corrected chi connectivity index (χ1v) is 6.16. The molecule has 102 valence electrons. The Morgan fingerprint density at radius 1 is 1.25 bits per heavy atom. The van der Waals surface area contributed by atoms with Crippen LogP contribution in [0, 0.1) is 6.92 Å². The second kappa shape index (κ2) is 5.14. The number of hydrazine groups is 1. The Bertz CT molecular complexity index is 739. The first-order valence-electron chi connectivity index (χ1n) is 6.16. The van der Waals surface area contributed by atoms with Gasteiger partial charge in [0.15, 0.2) is 5.76 Å². The third-order valence-corrected chi connectivity index (χ3v) is 2.84. The van der Waals surface area contributed by atoms with Crippen molar-refractivity contribution in [1.82, 2.24) is 15.1 Å². The lowest BCUT2D eigenvalue weighted by atomic mass is 10.2. The van der Waals surface area contributed by atoms with Crippen molar-refractivity contribution in [2.75, 3.05) is 10.7 Å². The first kappa shape index (κ1) is 12.4. The summed E-state index contributed by atoms with van der Waals surface area (Å²) in [6.45, 7) is 2.37. The summed E-state index contributed by atoms with van der Waals surface area (Å²) >= 11 is 0. The highest BCUT2D eigenvalue weighted by Crippen LogP contribution is 2.22. The number of nitrogen functional groups attached to an aromatic ring is 1. The molecule has 0 radical (unpaired) electrons. The lowest BCUT2D eigenvalue weighted by Gasteiger charge is -2.09. The molecule has 3 aromatic rings. The highest BCUT2D eigenvalue weighted by molar-refractivity contribution is 5.89. The summed E-state index contributed by atoms with van der Waals surface area (Å²) in [5, 5.41) is 7.98. The number of fused-ring (bicyclic) bond motifs is 1. The molecule has 2 aromatic heterocycles. The van der Waals surface area contributed by atoms with Crippen molar-refractivity contribution in [3.05, 3.63) is 41.8 Å². The molecule has 0 aliphatic heterocycles. The molecule has 2 heterocycles. The fourth-order valence-electron chi connectivity index (χ4n) is 1.95. The minimum absolute atomic E-state index is 0.361. The molecule has 0 aliphatic carbocycles. The number of nitrogens with one attached hydrogen (secondary N) is 2. The maximum Gasteiger partial charge on any atom is 0.239 e. The quantitative estimate of drug-likeness (QED) is 0.491. The molecule has 0 amide bonds. The molecule has 7 nitrogen and oxygen atoms in total. The van der Waals surface area contributed by atoms with Crippen molar-refractivity contribution in [3.63, 3.8) is 0 Å². The van der Waals surface area contributed by atoms with E-state index in [1.165, 1.54) is 0 Å². The fourth-order valence-corrected chi connectivity index (χ4v) is 1.95. The van der Waals surface area contributed by atoms with E-state index >= 15 is 0 Å². The molecule has 0 spiro atoms. The van der Waals surface area contributed by atoms with Gasteiger partial charge in [-0.25, -0.2) is 10.8 Å². The number of hydrogen-bond acceptors (Lipinski definition) is 7. The molecule has 1 aromatic carbocycles. The van der Waals surface area contributed by atoms with Gasteiger partial charge in [0.1, 0.15) is 5.82 Å². The summed E-state index contributed by atoms with van der Waals surface area (Å²) in [4.78, 5) is 8.61. The Hall–Kier alpha value is -2.67. The number of aromatic nitrogens is 3.